The molecule has 0 aromatic carbocycles. The smallest absolute Gasteiger partial charge is 0.0192 e. The molecular weight excluding hydrogens is 154 g/mol. The van der Waals surface area contributed by atoms with Crippen molar-refractivity contribution < 1.29 is 0 Å². The van der Waals surface area contributed by atoms with E-state index >= 15 is 0 Å². The second kappa shape index (κ2) is 6.74. The van der Waals surface area contributed by atoms with Crippen LogP contribution in [0.25, 0.3) is 0 Å². The summed E-state index contributed by atoms with van der Waals surface area (Å²) in [6.07, 6.45) is 1.10. The van der Waals surface area contributed by atoms with Gasteiger partial charge in [0.1, 0.15) is 0 Å². The fraction of sp³-hybridized carbons (Fsp3) is 0.778. The van der Waals surface area contributed by atoms with Crippen molar-refractivity contribution in [3.8, 4) is 0 Å². The molecule has 0 spiro atoms. The molecule has 1 N–H and O–H groups in total. The van der Waals surface area contributed by atoms with Gasteiger partial charge in [-0.25, -0.2) is 0 Å². The quantitative estimate of drug-likeness (QED) is 0.619. The third-order valence-corrected chi connectivity index (χ3v) is 2.57. The highest BCUT2D eigenvalue weighted by atomic mass is 32.2. The SMILES string of the molecule is C=C(C)CC(CSCC)NC. The number of hydrogen-bond donors (Lipinski definition) is 1. The van der Waals surface area contributed by atoms with Crippen LogP contribution in [0.5, 0.6) is 0 Å². The van der Waals surface area contributed by atoms with Gasteiger partial charge in [-0.1, -0.05) is 12.5 Å². The van der Waals surface area contributed by atoms with Crippen LogP contribution in [0, 0.1) is 0 Å². The van der Waals surface area contributed by atoms with Crippen LogP contribution in [-0.2, 0) is 0 Å². The average molecular weight is 173 g/mol. The standard InChI is InChI=1S/C9H19NS/c1-5-11-7-9(10-4)6-8(2)3/h9-10H,2,5-7H2,1,3-4H3. The molecule has 0 aromatic rings. The second-order valence-corrected chi connectivity index (χ2v) is 4.13. The summed E-state index contributed by atoms with van der Waals surface area (Å²) in [6.45, 7) is 8.18. The summed E-state index contributed by atoms with van der Waals surface area (Å²) in [7, 11) is 2.02. The van der Waals surface area contributed by atoms with Gasteiger partial charge in [0, 0.05) is 11.8 Å². The lowest BCUT2D eigenvalue weighted by atomic mass is 10.1. The van der Waals surface area contributed by atoms with Crippen LogP contribution in [0.3, 0.4) is 0 Å². The first-order valence-corrected chi connectivity index (χ1v) is 5.25. The minimum Gasteiger partial charge on any atom is -0.316 e. The number of rotatable bonds is 6. The second-order valence-electron chi connectivity index (χ2n) is 2.81. The largest absolute Gasteiger partial charge is 0.316 e. The van der Waals surface area contributed by atoms with Gasteiger partial charge in [-0.2, -0.15) is 11.8 Å². The zero-order valence-corrected chi connectivity index (χ0v) is 8.63. The average Bonchev–Trinajstić information content (AvgIpc) is 1.97. The Morgan fingerprint density at radius 2 is 2.27 bits per heavy atom. The van der Waals surface area contributed by atoms with Crippen LogP contribution in [0.1, 0.15) is 20.3 Å². The summed E-state index contributed by atoms with van der Waals surface area (Å²) in [6, 6.07) is 0.609. The molecule has 66 valence electrons. The molecule has 0 aliphatic carbocycles. The highest BCUT2D eigenvalue weighted by Gasteiger charge is 2.04. The zero-order chi connectivity index (χ0) is 8.69. The Hall–Kier alpha value is 0.0500. The molecule has 2 heteroatoms. The molecular formula is C9H19NS. The maximum Gasteiger partial charge on any atom is 0.0192 e. The van der Waals surface area contributed by atoms with Gasteiger partial charge in [-0.15, -0.1) is 6.58 Å². The van der Waals surface area contributed by atoms with Crippen LogP contribution in [0.4, 0.5) is 0 Å². The Labute approximate surface area is 74.6 Å². The van der Waals surface area contributed by atoms with E-state index < -0.39 is 0 Å². The van der Waals surface area contributed by atoms with Crippen LogP contribution in [-0.4, -0.2) is 24.6 Å². The molecule has 0 amide bonds. The molecule has 0 radical (unpaired) electrons. The Balaban J connectivity index is 3.49. The highest BCUT2D eigenvalue weighted by molar-refractivity contribution is 7.99. The van der Waals surface area contributed by atoms with Crippen LogP contribution < -0.4 is 5.32 Å². The monoisotopic (exact) mass is 173 g/mol. The lowest BCUT2D eigenvalue weighted by Crippen LogP contribution is -2.27. The van der Waals surface area contributed by atoms with Crippen LogP contribution in [0.15, 0.2) is 12.2 Å². The Morgan fingerprint density at radius 3 is 2.64 bits per heavy atom. The molecule has 1 nitrogen and oxygen atoms in total. The third kappa shape index (κ3) is 6.45. The van der Waals surface area contributed by atoms with E-state index in [0.717, 1.165) is 6.42 Å². The predicted molar refractivity (Wildman–Crippen MR) is 55.3 cm³/mol. The first-order chi connectivity index (χ1) is 5.20. The summed E-state index contributed by atoms with van der Waals surface area (Å²) in [5, 5.41) is 3.29. The van der Waals surface area contributed by atoms with Gasteiger partial charge < -0.3 is 5.32 Å². The molecule has 0 aliphatic heterocycles. The minimum absolute atomic E-state index is 0.609. The van der Waals surface area contributed by atoms with Crippen molar-refractivity contribution in [3.63, 3.8) is 0 Å². The van der Waals surface area contributed by atoms with Gasteiger partial charge in [-0.05, 0) is 26.1 Å². The molecule has 0 bridgehead atoms. The molecule has 0 aromatic heterocycles. The zero-order valence-electron chi connectivity index (χ0n) is 7.81. The van der Waals surface area contributed by atoms with Crippen molar-refractivity contribution in [1.29, 1.82) is 0 Å². The van der Waals surface area contributed by atoms with Gasteiger partial charge in [0.05, 0.1) is 0 Å². The predicted octanol–water partition coefficient (Wildman–Crippen LogP) is 2.29. The highest BCUT2D eigenvalue weighted by Crippen LogP contribution is 2.08. The summed E-state index contributed by atoms with van der Waals surface area (Å²) in [4.78, 5) is 0. The van der Waals surface area contributed by atoms with E-state index in [1.54, 1.807) is 0 Å². The fourth-order valence-corrected chi connectivity index (χ4v) is 1.73. The lowest BCUT2D eigenvalue weighted by molar-refractivity contribution is 0.615. The van der Waals surface area contributed by atoms with E-state index in [0.29, 0.717) is 6.04 Å². The van der Waals surface area contributed by atoms with E-state index in [1.807, 2.05) is 18.8 Å². The first kappa shape index (κ1) is 11.1. The van der Waals surface area contributed by atoms with Crippen molar-refractivity contribution in [1.82, 2.24) is 5.32 Å². The van der Waals surface area contributed by atoms with Gasteiger partial charge in [-0.3, -0.25) is 0 Å². The number of thioether (sulfide) groups is 1. The molecule has 0 heterocycles. The maximum atomic E-state index is 3.90. The van der Waals surface area contributed by atoms with Crippen molar-refractivity contribution in [2.75, 3.05) is 18.6 Å². The molecule has 0 aliphatic rings. The normalized spacial score (nSPS) is 13.0. The van der Waals surface area contributed by atoms with Crippen molar-refractivity contribution >= 4 is 11.8 Å². The van der Waals surface area contributed by atoms with Crippen molar-refractivity contribution in [3.05, 3.63) is 12.2 Å². The molecule has 0 fully saturated rings. The van der Waals surface area contributed by atoms with E-state index in [4.69, 9.17) is 0 Å². The minimum atomic E-state index is 0.609. The molecule has 1 atom stereocenters. The van der Waals surface area contributed by atoms with E-state index in [2.05, 4.69) is 25.7 Å². The summed E-state index contributed by atoms with van der Waals surface area (Å²) in [5.74, 6) is 2.40. The van der Waals surface area contributed by atoms with Gasteiger partial charge in [0.25, 0.3) is 0 Å². The van der Waals surface area contributed by atoms with Crippen LogP contribution in [0.2, 0.25) is 0 Å². The fourth-order valence-electron chi connectivity index (χ4n) is 0.925. The van der Waals surface area contributed by atoms with E-state index in [9.17, 15) is 0 Å². The molecule has 0 saturated heterocycles. The lowest BCUT2D eigenvalue weighted by Gasteiger charge is -2.14. The summed E-state index contributed by atoms with van der Waals surface area (Å²) >= 11 is 1.98. The van der Waals surface area contributed by atoms with Gasteiger partial charge in [0.2, 0.25) is 0 Å². The first-order valence-electron chi connectivity index (χ1n) is 4.10. The summed E-state index contributed by atoms with van der Waals surface area (Å²) < 4.78 is 0. The topological polar surface area (TPSA) is 12.0 Å². The third-order valence-electron chi connectivity index (χ3n) is 1.53. The maximum absolute atomic E-state index is 3.90. The summed E-state index contributed by atoms with van der Waals surface area (Å²) in [5.41, 5.74) is 1.26. The van der Waals surface area contributed by atoms with Crippen molar-refractivity contribution in [2.24, 2.45) is 0 Å². The van der Waals surface area contributed by atoms with E-state index in [-0.39, 0.29) is 0 Å². The van der Waals surface area contributed by atoms with Gasteiger partial charge in [0.15, 0.2) is 0 Å². The Kier molecular flexibility index (Phi) is 6.77. The molecule has 0 saturated carbocycles. The molecule has 0 rings (SSSR count). The number of hydrogen-bond acceptors (Lipinski definition) is 2. The van der Waals surface area contributed by atoms with Gasteiger partial charge >= 0.3 is 0 Å². The molecule has 11 heavy (non-hydrogen) atoms. The number of nitrogens with one attached hydrogen (secondary N) is 1. The Bertz CT molecular complexity index is 112. The van der Waals surface area contributed by atoms with E-state index in [1.165, 1.54) is 17.1 Å². The van der Waals surface area contributed by atoms with Crippen LogP contribution >= 0.6 is 11.8 Å². The van der Waals surface area contributed by atoms with Crippen molar-refractivity contribution in [2.45, 2.75) is 26.3 Å². The Morgan fingerprint density at radius 1 is 1.64 bits per heavy atom. The molecule has 1 unspecified atom stereocenters.